The van der Waals surface area contributed by atoms with E-state index < -0.39 is 10.0 Å². The summed E-state index contributed by atoms with van der Waals surface area (Å²) in [6.07, 6.45) is 2.79. The first-order valence-corrected chi connectivity index (χ1v) is 10.7. The van der Waals surface area contributed by atoms with Gasteiger partial charge in [-0.25, -0.2) is 8.42 Å². The molecular weight excluding hydrogens is 360 g/mol. The number of hydrogen-bond acceptors (Lipinski definition) is 3. The molecule has 144 valence electrons. The summed E-state index contributed by atoms with van der Waals surface area (Å²) in [5, 5.41) is 2.91. The molecule has 1 saturated heterocycles. The molecule has 3 rings (SSSR count). The molecule has 1 aliphatic rings. The number of amides is 1. The number of nitrogens with zero attached hydrogens (tertiary/aromatic N) is 1. The van der Waals surface area contributed by atoms with Crippen LogP contribution in [0.5, 0.6) is 0 Å². The summed E-state index contributed by atoms with van der Waals surface area (Å²) in [6, 6.07) is 12.1. The highest BCUT2D eigenvalue weighted by Gasteiger charge is 2.31. The molecule has 27 heavy (non-hydrogen) atoms. The van der Waals surface area contributed by atoms with Gasteiger partial charge in [0.25, 0.3) is 5.91 Å². The molecule has 0 radical (unpaired) electrons. The number of rotatable bonds is 4. The van der Waals surface area contributed by atoms with Crippen molar-refractivity contribution in [2.45, 2.75) is 51.0 Å². The van der Waals surface area contributed by atoms with Crippen molar-refractivity contribution in [1.82, 2.24) is 4.31 Å². The molecule has 0 aromatic heterocycles. The van der Waals surface area contributed by atoms with E-state index in [4.69, 9.17) is 0 Å². The molecule has 0 saturated carbocycles. The SMILES string of the molecule is Cc1cccc(C)c1NC(=O)c1cccc(S(=O)(=O)N2CCCCC2C)c1. The number of carbonyl (C=O) groups excluding carboxylic acids is 1. The van der Waals surface area contributed by atoms with Crippen LogP contribution in [0.4, 0.5) is 5.69 Å². The Labute approximate surface area is 161 Å². The summed E-state index contributed by atoms with van der Waals surface area (Å²) in [5.74, 6) is -0.309. The van der Waals surface area contributed by atoms with Crippen LogP contribution in [0.25, 0.3) is 0 Å². The molecule has 0 aliphatic carbocycles. The number of aryl methyl sites for hydroxylation is 2. The van der Waals surface area contributed by atoms with E-state index in [0.717, 1.165) is 36.1 Å². The van der Waals surface area contributed by atoms with Gasteiger partial charge in [-0.2, -0.15) is 4.31 Å². The van der Waals surface area contributed by atoms with Gasteiger partial charge in [0.2, 0.25) is 10.0 Å². The smallest absolute Gasteiger partial charge is 0.255 e. The fourth-order valence-electron chi connectivity index (χ4n) is 3.56. The lowest BCUT2D eigenvalue weighted by molar-refractivity contribution is 0.102. The highest BCUT2D eigenvalue weighted by Crippen LogP contribution is 2.26. The van der Waals surface area contributed by atoms with Gasteiger partial charge in [-0.3, -0.25) is 4.79 Å². The molecule has 1 aliphatic heterocycles. The van der Waals surface area contributed by atoms with Crippen LogP contribution in [0.3, 0.4) is 0 Å². The summed E-state index contributed by atoms with van der Waals surface area (Å²) < 4.78 is 27.6. The van der Waals surface area contributed by atoms with Crippen molar-refractivity contribution in [2.24, 2.45) is 0 Å². The van der Waals surface area contributed by atoms with E-state index in [1.54, 1.807) is 22.5 Å². The zero-order chi connectivity index (χ0) is 19.6. The van der Waals surface area contributed by atoms with Crippen molar-refractivity contribution in [1.29, 1.82) is 0 Å². The summed E-state index contributed by atoms with van der Waals surface area (Å²) in [5.41, 5.74) is 3.03. The van der Waals surface area contributed by atoms with Crippen LogP contribution in [0.1, 0.15) is 47.7 Å². The van der Waals surface area contributed by atoms with E-state index in [2.05, 4.69) is 5.32 Å². The van der Waals surface area contributed by atoms with Crippen molar-refractivity contribution >= 4 is 21.6 Å². The van der Waals surface area contributed by atoms with Crippen LogP contribution in [-0.4, -0.2) is 31.2 Å². The predicted octanol–water partition coefficient (Wildman–Crippen LogP) is 4.12. The molecule has 0 bridgehead atoms. The molecule has 1 heterocycles. The molecule has 1 N–H and O–H groups in total. The van der Waals surface area contributed by atoms with Crippen LogP contribution in [0.2, 0.25) is 0 Å². The van der Waals surface area contributed by atoms with Crippen LogP contribution in [-0.2, 0) is 10.0 Å². The maximum absolute atomic E-state index is 13.0. The molecule has 1 atom stereocenters. The average Bonchev–Trinajstić information content (AvgIpc) is 2.65. The molecule has 2 aromatic rings. The first-order chi connectivity index (χ1) is 12.8. The van der Waals surface area contributed by atoms with Gasteiger partial charge in [-0.05, 0) is 62.9 Å². The quantitative estimate of drug-likeness (QED) is 0.859. The number of anilines is 1. The third kappa shape index (κ3) is 4.06. The van der Waals surface area contributed by atoms with E-state index in [1.807, 2.05) is 39.0 Å². The van der Waals surface area contributed by atoms with Crippen molar-refractivity contribution < 1.29 is 13.2 Å². The maximum Gasteiger partial charge on any atom is 0.255 e. The lowest BCUT2D eigenvalue weighted by Gasteiger charge is -2.32. The number of hydrogen-bond donors (Lipinski definition) is 1. The minimum atomic E-state index is -3.60. The largest absolute Gasteiger partial charge is 0.322 e. The Kier molecular flexibility index (Phi) is 5.67. The number of benzene rings is 2. The minimum absolute atomic E-state index is 0.0177. The molecule has 5 nitrogen and oxygen atoms in total. The molecule has 2 aromatic carbocycles. The Morgan fingerprint density at radius 2 is 1.74 bits per heavy atom. The number of sulfonamides is 1. The Morgan fingerprint density at radius 3 is 2.41 bits per heavy atom. The number of piperidine rings is 1. The fraction of sp³-hybridized carbons (Fsp3) is 0.381. The van der Waals surface area contributed by atoms with E-state index in [0.29, 0.717) is 12.1 Å². The van der Waals surface area contributed by atoms with Gasteiger partial charge < -0.3 is 5.32 Å². The Bertz CT molecular complexity index is 933. The van der Waals surface area contributed by atoms with Crippen LogP contribution < -0.4 is 5.32 Å². The third-order valence-corrected chi connectivity index (χ3v) is 7.17. The summed E-state index contributed by atoms with van der Waals surface area (Å²) in [7, 11) is -3.60. The zero-order valence-electron chi connectivity index (χ0n) is 16.0. The monoisotopic (exact) mass is 386 g/mol. The number of nitrogens with one attached hydrogen (secondary N) is 1. The number of para-hydroxylation sites is 1. The first-order valence-electron chi connectivity index (χ1n) is 9.30. The Hall–Kier alpha value is -2.18. The highest BCUT2D eigenvalue weighted by molar-refractivity contribution is 7.89. The summed E-state index contributed by atoms with van der Waals surface area (Å²) in [4.78, 5) is 12.9. The van der Waals surface area contributed by atoms with Crippen molar-refractivity contribution in [3.63, 3.8) is 0 Å². The molecule has 1 amide bonds. The average molecular weight is 387 g/mol. The first kappa shape index (κ1) is 19.6. The van der Waals surface area contributed by atoms with Gasteiger partial charge >= 0.3 is 0 Å². The van der Waals surface area contributed by atoms with Gasteiger partial charge in [0.05, 0.1) is 4.90 Å². The normalized spacial score (nSPS) is 18.3. The fourth-order valence-corrected chi connectivity index (χ4v) is 5.31. The summed E-state index contributed by atoms with van der Waals surface area (Å²) in [6.45, 7) is 6.33. The van der Waals surface area contributed by atoms with E-state index >= 15 is 0 Å². The second-order valence-electron chi connectivity index (χ2n) is 7.21. The standard InChI is InChI=1S/C21H26N2O3S/c1-15-8-6-9-16(2)20(15)22-21(24)18-11-7-12-19(14-18)27(25,26)23-13-5-4-10-17(23)3/h6-9,11-12,14,17H,4-5,10,13H2,1-3H3,(H,22,24). The van der Waals surface area contributed by atoms with Gasteiger partial charge in [0, 0.05) is 23.8 Å². The van der Waals surface area contributed by atoms with Crippen molar-refractivity contribution in [2.75, 3.05) is 11.9 Å². The lowest BCUT2D eigenvalue weighted by atomic mass is 10.1. The summed E-state index contributed by atoms with van der Waals surface area (Å²) >= 11 is 0. The topological polar surface area (TPSA) is 66.5 Å². The van der Waals surface area contributed by atoms with E-state index in [-0.39, 0.29) is 16.8 Å². The van der Waals surface area contributed by atoms with E-state index in [9.17, 15) is 13.2 Å². The molecule has 1 unspecified atom stereocenters. The zero-order valence-corrected chi connectivity index (χ0v) is 16.8. The van der Waals surface area contributed by atoms with Gasteiger partial charge in [-0.1, -0.05) is 30.7 Å². The predicted molar refractivity (Wildman–Crippen MR) is 108 cm³/mol. The van der Waals surface area contributed by atoms with Gasteiger partial charge in [-0.15, -0.1) is 0 Å². The third-order valence-electron chi connectivity index (χ3n) is 5.16. The number of carbonyl (C=O) groups is 1. The molecule has 1 fully saturated rings. The minimum Gasteiger partial charge on any atom is -0.322 e. The van der Waals surface area contributed by atoms with Crippen LogP contribution in [0, 0.1) is 13.8 Å². The van der Waals surface area contributed by atoms with E-state index in [1.165, 1.54) is 6.07 Å². The molecule has 0 spiro atoms. The molecule has 6 heteroatoms. The molecular formula is C21H26N2O3S. The van der Waals surface area contributed by atoms with Crippen LogP contribution >= 0.6 is 0 Å². The second-order valence-corrected chi connectivity index (χ2v) is 9.10. The van der Waals surface area contributed by atoms with Gasteiger partial charge in [0.15, 0.2) is 0 Å². The van der Waals surface area contributed by atoms with Crippen molar-refractivity contribution in [3.8, 4) is 0 Å². The van der Waals surface area contributed by atoms with Crippen LogP contribution in [0.15, 0.2) is 47.4 Å². The second kappa shape index (κ2) is 7.82. The lowest BCUT2D eigenvalue weighted by Crippen LogP contribution is -2.41. The Morgan fingerprint density at radius 1 is 1.07 bits per heavy atom. The van der Waals surface area contributed by atoms with Crippen molar-refractivity contribution in [3.05, 3.63) is 59.2 Å². The van der Waals surface area contributed by atoms with Gasteiger partial charge in [0.1, 0.15) is 0 Å². The highest BCUT2D eigenvalue weighted by atomic mass is 32.2. The Balaban J connectivity index is 1.88. The maximum atomic E-state index is 13.0.